The summed E-state index contributed by atoms with van der Waals surface area (Å²) in [6.45, 7) is 1.86. The fourth-order valence-corrected chi connectivity index (χ4v) is 4.59. The minimum absolute atomic E-state index is 0.00542. The molecule has 41 heavy (non-hydrogen) atoms. The van der Waals surface area contributed by atoms with Crippen LogP contribution in [-0.2, 0) is 11.2 Å². The summed E-state index contributed by atoms with van der Waals surface area (Å²) in [5.74, 6) is 1.78. The molecule has 0 radical (unpaired) electrons. The number of hydrogen-bond donors (Lipinski definition) is 4. The Hall–Kier alpha value is -5.57. The van der Waals surface area contributed by atoms with Crippen LogP contribution in [0.3, 0.4) is 0 Å². The lowest BCUT2D eigenvalue weighted by Crippen LogP contribution is -2.21. The standard InChI is InChI=1S/C32H29N5O4/c1-20-16-21(18-29(33)38)31(40-2)27(17-20)37-32(39)36-26-12-13-28(25-11-7-6-10-24(25)26)41-23-14-15-34-30(19-23)35-22-8-4-3-5-9-22/h3-17,19H,18H2,1-2H3,(H2,33,38)(H,34,35)(H2,36,37,39). The molecule has 0 saturated carbocycles. The van der Waals surface area contributed by atoms with E-state index in [0.717, 1.165) is 22.0 Å². The number of nitrogens with two attached hydrogens (primary N) is 1. The van der Waals surface area contributed by atoms with Gasteiger partial charge in [0.2, 0.25) is 5.91 Å². The predicted octanol–water partition coefficient (Wildman–Crippen LogP) is 6.76. The van der Waals surface area contributed by atoms with Crippen LogP contribution in [0, 0.1) is 6.92 Å². The highest BCUT2D eigenvalue weighted by Crippen LogP contribution is 2.36. The molecule has 5 rings (SSSR count). The largest absolute Gasteiger partial charge is 0.494 e. The summed E-state index contributed by atoms with van der Waals surface area (Å²) in [4.78, 5) is 29.0. The number of hydrogen-bond acceptors (Lipinski definition) is 6. The van der Waals surface area contributed by atoms with Gasteiger partial charge in [-0.3, -0.25) is 4.79 Å². The second-order valence-corrected chi connectivity index (χ2v) is 9.35. The van der Waals surface area contributed by atoms with E-state index in [-0.39, 0.29) is 6.42 Å². The number of pyridine rings is 1. The van der Waals surface area contributed by atoms with E-state index in [2.05, 4.69) is 20.9 Å². The van der Waals surface area contributed by atoms with Crippen molar-refractivity contribution in [2.45, 2.75) is 13.3 Å². The minimum Gasteiger partial charge on any atom is -0.494 e. The number of benzene rings is 4. The lowest BCUT2D eigenvalue weighted by molar-refractivity contribution is -0.117. The smallest absolute Gasteiger partial charge is 0.323 e. The number of carbonyl (C=O) groups excluding carboxylic acids is 2. The summed E-state index contributed by atoms with van der Waals surface area (Å²) < 4.78 is 11.7. The zero-order chi connectivity index (χ0) is 28.8. The molecule has 0 bridgehead atoms. The zero-order valence-electron chi connectivity index (χ0n) is 22.6. The van der Waals surface area contributed by atoms with Crippen LogP contribution in [0.2, 0.25) is 0 Å². The highest BCUT2D eigenvalue weighted by atomic mass is 16.5. The SMILES string of the molecule is COc1c(CC(N)=O)cc(C)cc1NC(=O)Nc1ccc(Oc2ccnc(Nc3ccccc3)c2)c2ccccc12. The molecule has 0 spiro atoms. The number of anilines is 4. The van der Waals surface area contributed by atoms with Gasteiger partial charge < -0.3 is 31.2 Å². The molecule has 9 nitrogen and oxygen atoms in total. The summed E-state index contributed by atoms with van der Waals surface area (Å²) in [5.41, 5.74) is 8.79. The number of amides is 3. The zero-order valence-corrected chi connectivity index (χ0v) is 22.6. The van der Waals surface area contributed by atoms with Gasteiger partial charge in [0.1, 0.15) is 23.1 Å². The molecule has 5 aromatic rings. The number of aryl methyl sites for hydroxylation is 1. The summed E-state index contributed by atoms with van der Waals surface area (Å²) >= 11 is 0. The van der Waals surface area contributed by atoms with E-state index in [9.17, 15) is 9.59 Å². The average molecular weight is 548 g/mol. The summed E-state index contributed by atoms with van der Waals surface area (Å²) in [6.07, 6.45) is 1.67. The Labute approximate surface area is 237 Å². The second kappa shape index (κ2) is 12.1. The Morgan fingerprint density at radius 1 is 0.854 bits per heavy atom. The van der Waals surface area contributed by atoms with Crippen LogP contribution in [0.4, 0.5) is 27.7 Å². The molecular weight excluding hydrogens is 518 g/mol. The van der Waals surface area contributed by atoms with Crippen LogP contribution in [0.1, 0.15) is 11.1 Å². The minimum atomic E-state index is -0.492. The molecule has 1 aromatic heterocycles. The van der Waals surface area contributed by atoms with Crippen molar-refractivity contribution in [2.24, 2.45) is 5.73 Å². The molecule has 0 aliphatic heterocycles. The van der Waals surface area contributed by atoms with Gasteiger partial charge in [0, 0.05) is 34.3 Å². The number of nitrogens with zero attached hydrogens (tertiary/aromatic N) is 1. The number of para-hydroxylation sites is 1. The van der Waals surface area contributed by atoms with Crippen molar-refractivity contribution in [3.8, 4) is 17.2 Å². The molecule has 0 saturated heterocycles. The number of primary amides is 1. The quantitative estimate of drug-likeness (QED) is 0.161. The Morgan fingerprint density at radius 3 is 2.34 bits per heavy atom. The van der Waals surface area contributed by atoms with Crippen LogP contribution < -0.4 is 31.2 Å². The van der Waals surface area contributed by atoms with Crippen molar-refractivity contribution in [2.75, 3.05) is 23.1 Å². The molecule has 5 N–H and O–H groups in total. The van der Waals surface area contributed by atoms with Crippen molar-refractivity contribution >= 4 is 45.6 Å². The van der Waals surface area contributed by atoms with E-state index in [4.69, 9.17) is 15.2 Å². The fourth-order valence-electron chi connectivity index (χ4n) is 4.59. The molecular formula is C32H29N5O4. The molecule has 9 heteroatoms. The van der Waals surface area contributed by atoms with Gasteiger partial charge in [-0.15, -0.1) is 0 Å². The van der Waals surface area contributed by atoms with Gasteiger partial charge in [-0.1, -0.05) is 48.5 Å². The number of rotatable bonds is 9. The number of aromatic nitrogens is 1. The first kappa shape index (κ1) is 27.0. The molecule has 4 aromatic carbocycles. The maximum absolute atomic E-state index is 13.1. The molecule has 0 aliphatic carbocycles. The Bertz CT molecular complexity index is 1720. The number of urea groups is 1. The van der Waals surface area contributed by atoms with E-state index in [1.165, 1.54) is 7.11 Å². The Morgan fingerprint density at radius 2 is 1.59 bits per heavy atom. The molecule has 1 heterocycles. The lowest BCUT2D eigenvalue weighted by Gasteiger charge is -2.17. The van der Waals surface area contributed by atoms with Crippen LogP contribution in [0.15, 0.2) is 97.2 Å². The number of nitrogens with one attached hydrogen (secondary N) is 3. The summed E-state index contributed by atoms with van der Waals surface area (Å²) in [7, 11) is 1.48. The van der Waals surface area contributed by atoms with Crippen molar-refractivity contribution in [1.82, 2.24) is 4.98 Å². The maximum Gasteiger partial charge on any atom is 0.323 e. The van der Waals surface area contributed by atoms with Crippen LogP contribution in [0.5, 0.6) is 17.2 Å². The van der Waals surface area contributed by atoms with Crippen molar-refractivity contribution in [1.29, 1.82) is 0 Å². The van der Waals surface area contributed by atoms with Gasteiger partial charge in [-0.25, -0.2) is 9.78 Å². The highest BCUT2D eigenvalue weighted by molar-refractivity contribution is 6.08. The molecule has 3 amide bonds. The average Bonchev–Trinajstić information content (AvgIpc) is 2.95. The lowest BCUT2D eigenvalue weighted by atomic mass is 10.1. The third-order valence-electron chi connectivity index (χ3n) is 6.26. The van der Waals surface area contributed by atoms with Gasteiger partial charge in [0.05, 0.1) is 24.9 Å². The van der Waals surface area contributed by atoms with E-state index in [1.54, 1.807) is 30.5 Å². The molecule has 0 atom stereocenters. The first-order valence-corrected chi connectivity index (χ1v) is 12.9. The fraction of sp³-hybridized carbons (Fsp3) is 0.0938. The van der Waals surface area contributed by atoms with Gasteiger partial charge in [-0.2, -0.15) is 0 Å². The normalized spacial score (nSPS) is 10.6. The predicted molar refractivity (Wildman–Crippen MR) is 161 cm³/mol. The molecule has 0 aliphatic rings. The van der Waals surface area contributed by atoms with E-state index in [1.807, 2.05) is 73.7 Å². The monoisotopic (exact) mass is 547 g/mol. The number of methoxy groups -OCH3 is 1. The van der Waals surface area contributed by atoms with Crippen molar-refractivity contribution in [3.63, 3.8) is 0 Å². The van der Waals surface area contributed by atoms with Crippen molar-refractivity contribution < 1.29 is 19.1 Å². The first-order chi connectivity index (χ1) is 19.9. The molecule has 206 valence electrons. The van der Waals surface area contributed by atoms with Gasteiger partial charge in [0.15, 0.2) is 0 Å². The van der Waals surface area contributed by atoms with Crippen LogP contribution in [0.25, 0.3) is 10.8 Å². The van der Waals surface area contributed by atoms with Gasteiger partial charge >= 0.3 is 6.03 Å². The number of fused-ring (bicyclic) bond motifs is 1. The number of ether oxygens (including phenoxy) is 2. The van der Waals surface area contributed by atoms with E-state index in [0.29, 0.717) is 40.0 Å². The summed E-state index contributed by atoms with van der Waals surface area (Å²) in [6, 6.07) is 27.7. The van der Waals surface area contributed by atoms with E-state index >= 15 is 0 Å². The molecule has 0 unspecified atom stereocenters. The highest BCUT2D eigenvalue weighted by Gasteiger charge is 2.16. The number of carbonyl (C=O) groups is 2. The Kier molecular flexibility index (Phi) is 7.96. The third kappa shape index (κ3) is 6.54. The van der Waals surface area contributed by atoms with Gasteiger partial charge in [0.25, 0.3) is 0 Å². The van der Waals surface area contributed by atoms with Gasteiger partial charge in [-0.05, 0) is 48.9 Å². The van der Waals surface area contributed by atoms with Crippen LogP contribution in [-0.4, -0.2) is 24.0 Å². The second-order valence-electron chi connectivity index (χ2n) is 9.35. The van der Waals surface area contributed by atoms with Crippen molar-refractivity contribution in [3.05, 3.63) is 108 Å². The first-order valence-electron chi connectivity index (χ1n) is 12.9. The Balaban J connectivity index is 1.37. The third-order valence-corrected chi connectivity index (χ3v) is 6.26. The molecule has 0 fully saturated rings. The summed E-state index contributed by atoms with van der Waals surface area (Å²) in [5, 5.41) is 10.6. The van der Waals surface area contributed by atoms with E-state index < -0.39 is 11.9 Å². The topological polar surface area (TPSA) is 128 Å². The maximum atomic E-state index is 13.1. The van der Waals surface area contributed by atoms with Crippen LogP contribution >= 0.6 is 0 Å².